The fourth-order valence-corrected chi connectivity index (χ4v) is 3.29. The molecule has 5 nitrogen and oxygen atoms in total. The van der Waals surface area contributed by atoms with Crippen molar-refractivity contribution >= 4 is 10.0 Å². The predicted octanol–water partition coefficient (Wildman–Crippen LogP) is 1.29. The monoisotopic (exact) mass is 285 g/mol. The van der Waals surface area contributed by atoms with E-state index in [2.05, 4.69) is 4.72 Å². The van der Waals surface area contributed by atoms with E-state index in [1.54, 1.807) is 12.1 Å². The highest BCUT2D eigenvalue weighted by Crippen LogP contribution is 2.16. The largest absolute Gasteiger partial charge is 0.351 e. The second kappa shape index (κ2) is 6.47. The number of rotatable bonds is 5. The van der Waals surface area contributed by atoms with Crippen LogP contribution in [0.5, 0.6) is 0 Å². The van der Waals surface area contributed by atoms with Gasteiger partial charge in [-0.05, 0) is 24.5 Å². The molecule has 0 aliphatic carbocycles. The van der Waals surface area contributed by atoms with Crippen LogP contribution in [-0.2, 0) is 25.9 Å². The van der Waals surface area contributed by atoms with Crippen LogP contribution in [0.2, 0.25) is 0 Å². The average molecular weight is 285 g/mol. The number of sulfonamides is 1. The lowest BCUT2D eigenvalue weighted by atomic mass is 10.2. The van der Waals surface area contributed by atoms with Gasteiger partial charge >= 0.3 is 0 Å². The summed E-state index contributed by atoms with van der Waals surface area (Å²) in [5.41, 5.74) is 0.806. The molecule has 2 rings (SSSR count). The van der Waals surface area contributed by atoms with Crippen molar-refractivity contribution in [3.05, 3.63) is 29.8 Å². The molecule has 0 bridgehead atoms. The van der Waals surface area contributed by atoms with Crippen LogP contribution < -0.4 is 4.72 Å². The predicted molar refractivity (Wildman–Crippen MR) is 71.3 cm³/mol. The maximum atomic E-state index is 12.2. The molecule has 1 heterocycles. The summed E-state index contributed by atoms with van der Waals surface area (Å²) in [4.78, 5) is 0.327. The summed E-state index contributed by atoms with van der Waals surface area (Å²) in [5, 5.41) is 0. The number of hydrogen-bond donors (Lipinski definition) is 1. The average Bonchev–Trinajstić information content (AvgIpc) is 2.46. The molecule has 1 saturated heterocycles. The topological polar surface area (TPSA) is 64.6 Å². The molecule has 1 aliphatic rings. The van der Waals surface area contributed by atoms with Crippen LogP contribution in [0.1, 0.15) is 18.9 Å². The number of hydrogen-bond acceptors (Lipinski definition) is 4. The van der Waals surface area contributed by atoms with Crippen molar-refractivity contribution in [2.75, 3.05) is 19.8 Å². The molecule has 0 aromatic heterocycles. The Labute approximate surface area is 114 Å². The van der Waals surface area contributed by atoms with Crippen molar-refractivity contribution in [2.24, 2.45) is 0 Å². The van der Waals surface area contributed by atoms with E-state index in [1.165, 1.54) is 0 Å². The zero-order chi connectivity index (χ0) is 13.7. The maximum Gasteiger partial charge on any atom is 0.241 e. The molecule has 1 fully saturated rings. The smallest absolute Gasteiger partial charge is 0.241 e. The molecule has 0 saturated carbocycles. The Morgan fingerprint density at radius 1 is 1.26 bits per heavy atom. The first-order chi connectivity index (χ1) is 9.13. The zero-order valence-electron chi connectivity index (χ0n) is 11.0. The molecule has 0 unspecified atom stereocenters. The van der Waals surface area contributed by atoms with Gasteiger partial charge in [-0.15, -0.1) is 0 Å². The van der Waals surface area contributed by atoms with Gasteiger partial charge in [-0.25, -0.2) is 13.1 Å². The normalized spacial score (nSPS) is 17.5. The SMILES string of the molecule is CCc1ccccc1S(=O)(=O)NCC1OCCCO1. The van der Waals surface area contributed by atoms with Crippen LogP contribution in [-0.4, -0.2) is 34.5 Å². The minimum Gasteiger partial charge on any atom is -0.351 e. The fraction of sp³-hybridized carbons (Fsp3) is 0.538. The molecule has 0 amide bonds. The Balaban J connectivity index is 2.05. The molecule has 6 heteroatoms. The van der Waals surface area contributed by atoms with E-state index in [0.717, 1.165) is 12.0 Å². The van der Waals surface area contributed by atoms with E-state index in [-0.39, 0.29) is 6.54 Å². The second-order valence-electron chi connectivity index (χ2n) is 4.34. The van der Waals surface area contributed by atoms with Gasteiger partial charge in [0.05, 0.1) is 24.7 Å². The number of nitrogens with one attached hydrogen (secondary N) is 1. The van der Waals surface area contributed by atoms with Gasteiger partial charge in [-0.1, -0.05) is 25.1 Å². The van der Waals surface area contributed by atoms with Crippen LogP contribution in [0.3, 0.4) is 0 Å². The van der Waals surface area contributed by atoms with Gasteiger partial charge in [-0.3, -0.25) is 0 Å². The highest BCUT2D eigenvalue weighted by Gasteiger charge is 2.21. The minimum atomic E-state index is -3.51. The van der Waals surface area contributed by atoms with E-state index in [1.807, 2.05) is 19.1 Å². The Morgan fingerprint density at radius 3 is 2.63 bits per heavy atom. The van der Waals surface area contributed by atoms with E-state index in [9.17, 15) is 8.42 Å². The highest BCUT2D eigenvalue weighted by molar-refractivity contribution is 7.89. The van der Waals surface area contributed by atoms with Crippen molar-refractivity contribution < 1.29 is 17.9 Å². The number of ether oxygens (including phenoxy) is 2. The quantitative estimate of drug-likeness (QED) is 0.885. The highest BCUT2D eigenvalue weighted by atomic mass is 32.2. The summed E-state index contributed by atoms with van der Waals surface area (Å²) in [7, 11) is -3.51. The van der Waals surface area contributed by atoms with Crippen LogP contribution >= 0.6 is 0 Å². The van der Waals surface area contributed by atoms with Crippen LogP contribution in [0, 0.1) is 0 Å². The molecular formula is C13H19NO4S. The summed E-state index contributed by atoms with van der Waals surface area (Å²) in [5.74, 6) is 0. The summed E-state index contributed by atoms with van der Waals surface area (Å²) in [6.07, 6.45) is 1.03. The Bertz CT molecular complexity index is 509. The van der Waals surface area contributed by atoms with Crippen molar-refractivity contribution in [2.45, 2.75) is 31.0 Å². The minimum absolute atomic E-state index is 0.139. The molecule has 1 aromatic rings. The molecule has 1 aromatic carbocycles. The first kappa shape index (κ1) is 14.5. The summed E-state index contributed by atoms with van der Waals surface area (Å²) in [6, 6.07) is 7.00. The molecule has 1 aliphatic heterocycles. The van der Waals surface area contributed by atoms with E-state index in [4.69, 9.17) is 9.47 Å². The van der Waals surface area contributed by atoms with Gasteiger partial charge in [-0.2, -0.15) is 0 Å². The van der Waals surface area contributed by atoms with E-state index >= 15 is 0 Å². The van der Waals surface area contributed by atoms with Gasteiger partial charge in [0, 0.05) is 0 Å². The zero-order valence-corrected chi connectivity index (χ0v) is 11.8. The van der Waals surface area contributed by atoms with Crippen molar-refractivity contribution in [1.29, 1.82) is 0 Å². The van der Waals surface area contributed by atoms with Crippen molar-refractivity contribution in [1.82, 2.24) is 4.72 Å². The summed E-state index contributed by atoms with van der Waals surface area (Å²) in [6.45, 7) is 3.29. The third-order valence-electron chi connectivity index (χ3n) is 2.98. The third kappa shape index (κ3) is 3.76. The third-order valence-corrected chi connectivity index (χ3v) is 4.50. The van der Waals surface area contributed by atoms with Gasteiger partial charge in [0.15, 0.2) is 6.29 Å². The van der Waals surface area contributed by atoms with E-state index in [0.29, 0.717) is 24.5 Å². The second-order valence-corrected chi connectivity index (χ2v) is 6.07. The first-order valence-corrected chi connectivity index (χ1v) is 7.92. The lowest BCUT2D eigenvalue weighted by Crippen LogP contribution is -2.38. The van der Waals surface area contributed by atoms with Crippen LogP contribution in [0.15, 0.2) is 29.2 Å². The molecule has 0 spiro atoms. The molecule has 19 heavy (non-hydrogen) atoms. The summed E-state index contributed by atoms with van der Waals surface area (Å²) >= 11 is 0. The van der Waals surface area contributed by atoms with Crippen molar-refractivity contribution in [3.8, 4) is 0 Å². The standard InChI is InChI=1S/C13H19NO4S/c1-2-11-6-3-4-7-12(11)19(15,16)14-10-13-17-8-5-9-18-13/h3-4,6-7,13-14H,2,5,8-10H2,1H3. The maximum absolute atomic E-state index is 12.2. The molecule has 0 radical (unpaired) electrons. The lowest BCUT2D eigenvalue weighted by Gasteiger charge is -2.23. The van der Waals surface area contributed by atoms with Gasteiger partial charge in [0.2, 0.25) is 10.0 Å². The lowest BCUT2D eigenvalue weighted by molar-refractivity contribution is -0.173. The van der Waals surface area contributed by atoms with Crippen LogP contribution in [0.4, 0.5) is 0 Å². The molecule has 0 atom stereocenters. The Morgan fingerprint density at radius 2 is 1.95 bits per heavy atom. The van der Waals surface area contributed by atoms with Crippen LogP contribution in [0.25, 0.3) is 0 Å². The van der Waals surface area contributed by atoms with Gasteiger partial charge in [0.1, 0.15) is 0 Å². The summed E-state index contributed by atoms with van der Waals surface area (Å²) < 4.78 is 37.6. The van der Waals surface area contributed by atoms with Gasteiger partial charge < -0.3 is 9.47 Å². The van der Waals surface area contributed by atoms with E-state index < -0.39 is 16.3 Å². The fourth-order valence-electron chi connectivity index (χ4n) is 1.97. The first-order valence-electron chi connectivity index (χ1n) is 6.44. The molecule has 106 valence electrons. The number of aryl methyl sites for hydroxylation is 1. The molecule has 1 N–H and O–H groups in total. The number of benzene rings is 1. The van der Waals surface area contributed by atoms with Gasteiger partial charge in [0.25, 0.3) is 0 Å². The van der Waals surface area contributed by atoms with Crippen molar-refractivity contribution in [3.63, 3.8) is 0 Å². The Kier molecular flexibility index (Phi) is 4.93. The Hall–Kier alpha value is -0.950. The molecular weight excluding hydrogens is 266 g/mol.